The summed E-state index contributed by atoms with van der Waals surface area (Å²) >= 11 is 0. The Morgan fingerprint density at radius 2 is 1.83 bits per heavy atom. The van der Waals surface area contributed by atoms with Crippen LogP contribution in [0.25, 0.3) is 11.3 Å². The summed E-state index contributed by atoms with van der Waals surface area (Å²) in [7, 11) is 0. The van der Waals surface area contributed by atoms with Crippen molar-refractivity contribution in [3.05, 3.63) is 71.9 Å². The normalized spacial score (nSPS) is 10.7. The Balaban J connectivity index is 1.69. The minimum atomic E-state index is -0.964. The van der Waals surface area contributed by atoms with Gasteiger partial charge in [0.25, 0.3) is 5.95 Å². The Morgan fingerprint density at radius 3 is 2.54 bits per heavy atom. The Bertz CT molecular complexity index is 864. The molecule has 0 aliphatic carbocycles. The second kappa shape index (κ2) is 7.10. The molecule has 7 nitrogen and oxygen atoms in total. The highest BCUT2D eigenvalue weighted by atomic mass is 16.4. The van der Waals surface area contributed by atoms with Gasteiger partial charge in [0, 0.05) is 5.56 Å². The lowest BCUT2D eigenvalue weighted by atomic mass is 10.1. The molecule has 0 radical (unpaired) electrons. The zero-order valence-electron chi connectivity index (χ0n) is 12.5. The molecule has 0 aliphatic heterocycles. The van der Waals surface area contributed by atoms with Crippen molar-refractivity contribution < 1.29 is 9.90 Å². The predicted octanol–water partition coefficient (Wildman–Crippen LogP) is 2.68. The van der Waals surface area contributed by atoms with Crippen LogP contribution in [-0.4, -0.2) is 32.5 Å². The van der Waals surface area contributed by atoms with E-state index in [-0.39, 0.29) is 11.5 Å². The van der Waals surface area contributed by atoms with E-state index in [1.807, 2.05) is 30.3 Å². The number of hydrogen-bond donors (Lipinski definition) is 2. The first-order valence-electron chi connectivity index (χ1n) is 7.10. The molecule has 1 aromatic heterocycles. The van der Waals surface area contributed by atoms with Gasteiger partial charge in [-0.2, -0.15) is 10.2 Å². The number of hydrogen-bond acceptors (Lipinski definition) is 6. The molecule has 0 bridgehead atoms. The SMILES string of the molecule is O=C(O)c1ccc(/C=N\Nc2nncc(-c3ccccc3)n2)cc1. The lowest BCUT2D eigenvalue weighted by Crippen LogP contribution is -2.00. The molecule has 3 rings (SSSR count). The van der Waals surface area contributed by atoms with Gasteiger partial charge < -0.3 is 5.11 Å². The molecule has 1 heterocycles. The monoisotopic (exact) mass is 319 g/mol. The summed E-state index contributed by atoms with van der Waals surface area (Å²) in [6, 6.07) is 16.0. The van der Waals surface area contributed by atoms with Gasteiger partial charge in [0.05, 0.1) is 23.7 Å². The van der Waals surface area contributed by atoms with Crippen molar-refractivity contribution in [3.63, 3.8) is 0 Å². The number of aromatic nitrogens is 3. The van der Waals surface area contributed by atoms with Crippen LogP contribution in [0.15, 0.2) is 65.9 Å². The number of rotatable bonds is 5. The number of carbonyl (C=O) groups is 1. The summed E-state index contributed by atoms with van der Waals surface area (Å²) in [5.41, 5.74) is 5.31. The molecule has 0 saturated carbocycles. The molecule has 24 heavy (non-hydrogen) atoms. The zero-order valence-corrected chi connectivity index (χ0v) is 12.5. The van der Waals surface area contributed by atoms with Crippen molar-refractivity contribution in [1.29, 1.82) is 0 Å². The van der Waals surface area contributed by atoms with Gasteiger partial charge in [0.1, 0.15) is 0 Å². The van der Waals surface area contributed by atoms with E-state index in [0.29, 0.717) is 5.69 Å². The molecule has 2 N–H and O–H groups in total. The quantitative estimate of drug-likeness (QED) is 0.554. The average molecular weight is 319 g/mol. The summed E-state index contributed by atoms with van der Waals surface area (Å²) in [6.07, 6.45) is 3.12. The molecule has 0 fully saturated rings. The van der Waals surface area contributed by atoms with Gasteiger partial charge in [-0.05, 0) is 17.7 Å². The molecule has 7 heteroatoms. The van der Waals surface area contributed by atoms with Crippen molar-refractivity contribution >= 4 is 18.1 Å². The van der Waals surface area contributed by atoms with Gasteiger partial charge >= 0.3 is 5.97 Å². The Labute approximate surface area is 137 Å². The molecular formula is C17H13N5O2. The van der Waals surface area contributed by atoms with Crippen molar-refractivity contribution in [2.45, 2.75) is 0 Å². The van der Waals surface area contributed by atoms with Crippen LogP contribution in [0.1, 0.15) is 15.9 Å². The third-order valence-electron chi connectivity index (χ3n) is 3.16. The fourth-order valence-corrected chi connectivity index (χ4v) is 1.98. The molecule has 0 unspecified atom stereocenters. The minimum absolute atomic E-state index is 0.225. The number of carboxylic acid groups (broad SMARTS) is 1. The molecule has 0 spiro atoms. The second-order valence-electron chi connectivity index (χ2n) is 4.83. The highest BCUT2D eigenvalue weighted by Gasteiger charge is 2.02. The smallest absolute Gasteiger partial charge is 0.335 e. The number of carboxylic acids is 1. The molecule has 118 valence electrons. The highest BCUT2D eigenvalue weighted by Crippen LogP contribution is 2.15. The Morgan fingerprint density at radius 1 is 1.08 bits per heavy atom. The number of hydrazone groups is 1. The molecule has 0 atom stereocenters. The van der Waals surface area contributed by atoms with Gasteiger partial charge in [-0.3, -0.25) is 0 Å². The van der Waals surface area contributed by atoms with Crippen LogP contribution in [0.3, 0.4) is 0 Å². The third kappa shape index (κ3) is 3.77. The molecule has 3 aromatic rings. The van der Waals surface area contributed by atoms with Crippen molar-refractivity contribution in [2.24, 2.45) is 5.10 Å². The minimum Gasteiger partial charge on any atom is -0.478 e. The van der Waals surface area contributed by atoms with Crippen LogP contribution in [-0.2, 0) is 0 Å². The van der Waals surface area contributed by atoms with Gasteiger partial charge in [0.2, 0.25) is 0 Å². The zero-order chi connectivity index (χ0) is 16.8. The number of nitrogens with zero attached hydrogens (tertiary/aromatic N) is 4. The van der Waals surface area contributed by atoms with Gasteiger partial charge in [-0.25, -0.2) is 15.2 Å². The summed E-state index contributed by atoms with van der Waals surface area (Å²) in [5, 5.41) is 20.7. The van der Waals surface area contributed by atoms with Crippen LogP contribution in [0.5, 0.6) is 0 Å². The topological polar surface area (TPSA) is 100 Å². The molecule has 2 aromatic carbocycles. The second-order valence-corrected chi connectivity index (χ2v) is 4.83. The maximum absolute atomic E-state index is 10.8. The first-order valence-corrected chi connectivity index (χ1v) is 7.10. The van der Waals surface area contributed by atoms with Crippen LogP contribution < -0.4 is 5.43 Å². The maximum atomic E-state index is 10.8. The van der Waals surface area contributed by atoms with E-state index < -0.39 is 5.97 Å². The van der Waals surface area contributed by atoms with Crippen molar-refractivity contribution in [3.8, 4) is 11.3 Å². The maximum Gasteiger partial charge on any atom is 0.335 e. The predicted molar refractivity (Wildman–Crippen MR) is 89.9 cm³/mol. The number of aromatic carboxylic acids is 1. The molecule has 0 amide bonds. The van der Waals surface area contributed by atoms with Crippen LogP contribution in [0, 0.1) is 0 Å². The van der Waals surface area contributed by atoms with Crippen LogP contribution in [0.4, 0.5) is 5.95 Å². The lowest BCUT2D eigenvalue weighted by Gasteiger charge is -2.02. The van der Waals surface area contributed by atoms with E-state index in [0.717, 1.165) is 11.1 Å². The lowest BCUT2D eigenvalue weighted by molar-refractivity contribution is 0.0697. The first-order chi connectivity index (χ1) is 11.7. The number of anilines is 1. The van der Waals surface area contributed by atoms with E-state index in [9.17, 15) is 4.79 Å². The Hall–Kier alpha value is -3.61. The average Bonchev–Trinajstić information content (AvgIpc) is 2.63. The summed E-state index contributed by atoms with van der Waals surface area (Å²) in [6.45, 7) is 0. The number of nitrogens with one attached hydrogen (secondary N) is 1. The Kier molecular flexibility index (Phi) is 4.52. The van der Waals surface area contributed by atoms with E-state index >= 15 is 0 Å². The van der Waals surface area contributed by atoms with E-state index in [2.05, 4.69) is 25.7 Å². The molecule has 0 aliphatic rings. The van der Waals surface area contributed by atoms with Crippen LogP contribution >= 0.6 is 0 Å². The van der Waals surface area contributed by atoms with Gasteiger partial charge in [0.15, 0.2) is 0 Å². The van der Waals surface area contributed by atoms with Crippen LogP contribution in [0.2, 0.25) is 0 Å². The van der Waals surface area contributed by atoms with E-state index in [4.69, 9.17) is 5.11 Å². The molecular weight excluding hydrogens is 306 g/mol. The van der Waals surface area contributed by atoms with E-state index in [1.54, 1.807) is 24.5 Å². The summed E-state index contributed by atoms with van der Waals surface area (Å²) < 4.78 is 0. The summed E-state index contributed by atoms with van der Waals surface area (Å²) in [4.78, 5) is 15.1. The fraction of sp³-hybridized carbons (Fsp3) is 0. The third-order valence-corrected chi connectivity index (χ3v) is 3.16. The van der Waals surface area contributed by atoms with Gasteiger partial charge in [-0.1, -0.05) is 42.5 Å². The van der Waals surface area contributed by atoms with Crippen molar-refractivity contribution in [1.82, 2.24) is 15.2 Å². The van der Waals surface area contributed by atoms with Crippen molar-refractivity contribution in [2.75, 3.05) is 5.43 Å². The standard InChI is InChI=1S/C17H13N5O2/c23-16(24)14-8-6-12(7-9-14)10-18-21-17-20-15(11-19-22-17)13-4-2-1-3-5-13/h1-11H,(H,23,24)(H,20,21,22)/b18-10-. The first kappa shape index (κ1) is 15.3. The fourth-order valence-electron chi connectivity index (χ4n) is 1.98. The van der Waals surface area contributed by atoms with E-state index in [1.165, 1.54) is 12.1 Å². The van der Waals surface area contributed by atoms with Gasteiger partial charge in [-0.15, -0.1) is 5.10 Å². The largest absolute Gasteiger partial charge is 0.478 e. The highest BCUT2D eigenvalue weighted by molar-refractivity contribution is 5.89. The summed E-state index contributed by atoms with van der Waals surface area (Å²) in [5.74, 6) is -0.691. The number of benzene rings is 2. The molecule has 0 saturated heterocycles.